The molecule has 0 saturated carbocycles. The van der Waals surface area contributed by atoms with E-state index in [2.05, 4.69) is 93.7 Å². The van der Waals surface area contributed by atoms with Crippen LogP contribution in [-0.4, -0.2) is 66.5 Å². The van der Waals surface area contributed by atoms with E-state index in [9.17, 15) is 28.9 Å². The van der Waals surface area contributed by atoms with Crippen molar-refractivity contribution in [1.29, 1.82) is 0 Å². The molecule has 0 amide bonds. The van der Waals surface area contributed by atoms with Gasteiger partial charge in [-0.3, -0.25) is 23.4 Å². The lowest BCUT2D eigenvalue weighted by atomic mass is 10.0. The monoisotopic (exact) mass is 1170 g/mol. The maximum atomic E-state index is 13.0. The molecule has 0 aromatic heterocycles. The zero-order chi connectivity index (χ0) is 59.8. The highest BCUT2D eigenvalue weighted by atomic mass is 31.2. The molecule has 474 valence electrons. The van der Waals surface area contributed by atoms with Gasteiger partial charge in [-0.15, -0.1) is 0 Å². The van der Waals surface area contributed by atoms with Crippen LogP contribution in [-0.2, 0) is 42.2 Å². The predicted molar refractivity (Wildman–Crippen MR) is 344 cm³/mol. The Kier molecular flexibility index (Phi) is 61.1. The Morgan fingerprint density at radius 1 is 0.354 bits per heavy atom. The number of esters is 3. The van der Waals surface area contributed by atoms with Crippen molar-refractivity contribution in [2.45, 2.75) is 315 Å². The molecule has 0 spiro atoms. The van der Waals surface area contributed by atoms with E-state index in [0.29, 0.717) is 25.7 Å². The quantitative estimate of drug-likeness (QED) is 0.0197. The molecule has 0 rings (SSSR count). The molecule has 0 saturated heterocycles. The second-order valence-corrected chi connectivity index (χ2v) is 23.7. The molecule has 0 aromatic carbocycles. The molecule has 2 N–H and O–H groups in total. The van der Waals surface area contributed by atoms with Crippen LogP contribution in [0.15, 0.2) is 85.1 Å². The Hall–Kier alpha value is -3.34. The van der Waals surface area contributed by atoms with Gasteiger partial charge in [-0.25, -0.2) is 4.57 Å². The van der Waals surface area contributed by atoms with Gasteiger partial charge in [-0.2, -0.15) is 0 Å². The predicted octanol–water partition coefficient (Wildman–Crippen LogP) is 20.6. The van der Waals surface area contributed by atoms with Crippen LogP contribution in [0.3, 0.4) is 0 Å². The first-order valence-electron chi connectivity index (χ1n) is 33.5. The van der Waals surface area contributed by atoms with Crippen LogP contribution >= 0.6 is 7.82 Å². The van der Waals surface area contributed by atoms with Crippen LogP contribution in [0.1, 0.15) is 303 Å². The minimum absolute atomic E-state index is 0.0413. The van der Waals surface area contributed by atoms with E-state index in [1.807, 2.05) is 12.2 Å². The minimum atomic E-state index is -4.78. The van der Waals surface area contributed by atoms with Gasteiger partial charge in [0.1, 0.15) is 12.7 Å². The van der Waals surface area contributed by atoms with Crippen molar-refractivity contribution in [3.8, 4) is 0 Å². The maximum Gasteiger partial charge on any atom is 0.472 e. The van der Waals surface area contributed by atoms with Crippen LogP contribution in [0.2, 0.25) is 0 Å². The number of allylic oxidation sites excluding steroid dienone is 14. The van der Waals surface area contributed by atoms with E-state index in [-0.39, 0.29) is 25.9 Å². The summed E-state index contributed by atoms with van der Waals surface area (Å²) >= 11 is 0. The zero-order valence-corrected chi connectivity index (χ0v) is 53.6. The van der Waals surface area contributed by atoms with Gasteiger partial charge < -0.3 is 24.2 Å². The Morgan fingerprint density at radius 3 is 1.05 bits per heavy atom. The van der Waals surface area contributed by atoms with Crippen molar-refractivity contribution >= 4 is 25.7 Å². The number of rotatable bonds is 62. The first-order chi connectivity index (χ1) is 40.2. The van der Waals surface area contributed by atoms with Gasteiger partial charge in [-0.1, -0.05) is 286 Å². The van der Waals surface area contributed by atoms with Gasteiger partial charge in [0, 0.05) is 19.3 Å². The number of phosphoric ester groups is 1. The summed E-state index contributed by atoms with van der Waals surface area (Å²) in [6.45, 7) is 4.50. The van der Waals surface area contributed by atoms with Crippen molar-refractivity contribution in [1.82, 2.24) is 0 Å². The van der Waals surface area contributed by atoms with Gasteiger partial charge in [0.15, 0.2) is 6.10 Å². The molecule has 0 aliphatic rings. The van der Waals surface area contributed by atoms with E-state index in [0.717, 1.165) is 70.6 Å². The maximum absolute atomic E-state index is 13.0. The van der Waals surface area contributed by atoms with Gasteiger partial charge in [0.05, 0.1) is 19.8 Å². The van der Waals surface area contributed by atoms with Crippen molar-refractivity contribution in [3.05, 3.63) is 85.1 Å². The number of aliphatic hydroxyl groups excluding tert-OH is 1. The fourth-order valence-electron chi connectivity index (χ4n) is 9.26. The standard InChI is InChI=1S/C70H123O11P/c1-4-7-10-13-16-19-22-25-28-31-33-36-38-41-44-47-50-53-56-59-68(72)77-63-67(81-70(74)61-58-55-52-49-46-43-40-37-34-32-29-26-23-20-17-14-11-8-5-2)65-79-82(75,76)78-64-66(62-71)80-69(73)60-57-54-51-48-45-42-39-35-30-27-24-21-18-15-12-9-6-3/h8,11,17,20,25-26,28-29,34,37,43,46,52,55,66-67,71H,4-7,9-10,12-16,18-19,21-24,27,30-33,35-36,38-42,44-45,47-51,53-54,56-65H2,1-3H3,(H,75,76)/b11-8-,20-17-,28-25-,29-26-,37-34-,46-43-,55-52-. The molecule has 0 fully saturated rings. The number of carbonyl (C=O) groups excluding carboxylic acids is 3. The fourth-order valence-corrected chi connectivity index (χ4v) is 10.0. The molecular weight excluding hydrogens is 1050 g/mol. The number of hydrogen-bond acceptors (Lipinski definition) is 10. The largest absolute Gasteiger partial charge is 0.472 e. The second kappa shape index (κ2) is 63.7. The molecule has 0 aromatic rings. The molecule has 12 heteroatoms. The molecule has 0 aliphatic carbocycles. The van der Waals surface area contributed by atoms with Crippen molar-refractivity contribution in [3.63, 3.8) is 0 Å². The van der Waals surface area contributed by atoms with Crippen molar-refractivity contribution < 1.29 is 52.2 Å². The summed E-state index contributed by atoms with van der Waals surface area (Å²) in [7, 11) is -4.78. The van der Waals surface area contributed by atoms with Crippen LogP contribution in [0.5, 0.6) is 0 Å². The van der Waals surface area contributed by atoms with Crippen molar-refractivity contribution in [2.75, 3.05) is 26.4 Å². The summed E-state index contributed by atoms with van der Waals surface area (Å²) in [5.74, 6) is -1.56. The van der Waals surface area contributed by atoms with Gasteiger partial charge in [0.25, 0.3) is 0 Å². The molecule has 0 heterocycles. The van der Waals surface area contributed by atoms with E-state index in [1.165, 1.54) is 167 Å². The molecule has 3 unspecified atom stereocenters. The SMILES string of the molecule is CC/C=C\C/C=C\C/C=C\C/C=C\C/C=C\C/C=C\CCC(=O)OC(COC(=O)CCCCCCCCCCC/C=C\CCCCCCCC)COP(=O)(O)OCC(CO)OC(=O)CCCCCCCCCCCCCCCCCCC. The van der Waals surface area contributed by atoms with Crippen LogP contribution in [0, 0.1) is 0 Å². The summed E-state index contributed by atoms with van der Waals surface area (Å²) in [6.07, 6.45) is 75.5. The Balaban J connectivity index is 4.77. The number of phosphoric acid groups is 1. The average Bonchev–Trinajstić information content (AvgIpc) is 3.50. The first kappa shape index (κ1) is 78.7. The topological polar surface area (TPSA) is 155 Å². The lowest BCUT2D eigenvalue weighted by molar-refractivity contribution is -0.161. The van der Waals surface area contributed by atoms with Crippen molar-refractivity contribution in [2.24, 2.45) is 0 Å². The molecule has 11 nitrogen and oxygen atoms in total. The summed E-state index contributed by atoms with van der Waals surface area (Å²) < 4.78 is 39.7. The van der Waals surface area contributed by atoms with E-state index in [1.54, 1.807) is 0 Å². The summed E-state index contributed by atoms with van der Waals surface area (Å²) in [5, 5.41) is 9.87. The molecule has 82 heavy (non-hydrogen) atoms. The lowest BCUT2D eigenvalue weighted by Crippen LogP contribution is -2.30. The first-order valence-corrected chi connectivity index (χ1v) is 35.0. The number of unbranched alkanes of at least 4 members (excludes halogenated alkanes) is 31. The average molecular weight is 1170 g/mol. The second-order valence-electron chi connectivity index (χ2n) is 22.3. The third-order valence-corrected chi connectivity index (χ3v) is 15.3. The Labute approximate surface area is 502 Å². The third-order valence-electron chi connectivity index (χ3n) is 14.3. The van der Waals surface area contributed by atoms with Crippen LogP contribution in [0.25, 0.3) is 0 Å². The highest BCUT2D eigenvalue weighted by Gasteiger charge is 2.28. The number of hydrogen-bond donors (Lipinski definition) is 2. The zero-order valence-electron chi connectivity index (χ0n) is 52.7. The molecule has 0 radical (unpaired) electrons. The molecule has 0 aliphatic heterocycles. The minimum Gasteiger partial charge on any atom is -0.462 e. The molecule has 0 bridgehead atoms. The Morgan fingerprint density at radius 2 is 0.659 bits per heavy atom. The highest BCUT2D eigenvalue weighted by molar-refractivity contribution is 7.47. The van der Waals surface area contributed by atoms with E-state index >= 15 is 0 Å². The molecule has 3 atom stereocenters. The normalized spacial score (nSPS) is 13.8. The van der Waals surface area contributed by atoms with Gasteiger partial charge >= 0.3 is 25.7 Å². The van der Waals surface area contributed by atoms with Crippen LogP contribution in [0.4, 0.5) is 0 Å². The summed E-state index contributed by atoms with van der Waals surface area (Å²) in [4.78, 5) is 48.8. The van der Waals surface area contributed by atoms with E-state index in [4.69, 9.17) is 23.3 Å². The molecular formula is C70H123O11P. The smallest absolute Gasteiger partial charge is 0.462 e. The summed E-state index contributed by atoms with van der Waals surface area (Å²) in [5.41, 5.74) is 0. The van der Waals surface area contributed by atoms with E-state index < -0.39 is 57.8 Å². The van der Waals surface area contributed by atoms with Gasteiger partial charge in [-0.05, 0) is 83.5 Å². The number of aliphatic hydroxyl groups is 1. The third kappa shape index (κ3) is 61.2. The highest BCUT2D eigenvalue weighted by Crippen LogP contribution is 2.43. The Bertz CT molecular complexity index is 1700. The van der Waals surface area contributed by atoms with Gasteiger partial charge in [0.2, 0.25) is 0 Å². The lowest BCUT2D eigenvalue weighted by Gasteiger charge is -2.21. The summed E-state index contributed by atoms with van der Waals surface area (Å²) in [6, 6.07) is 0. The number of ether oxygens (including phenoxy) is 3. The fraction of sp³-hybridized carbons (Fsp3) is 0.757. The van der Waals surface area contributed by atoms with Crippen LogP contribution < -0.4 is 0 Å². The number of carbonyl (C=O) groups is 3.